The number of hydrogen-bond donors (Lipinski definition) is 1. The number of anilines is 1. The molecule has 0 unspecified atom stereocenters. The van der Waals surface area contributed by atoms with Gasteiger partial charge in [-0.15, -0.1) is 0 Å². The molecule has 0 saturated heterocycles. The number of hydrogen-bond acceptors (Lipinski definition) is 5. The Morgan fingerprint density at radius 3 is 2.32 bits per heavy atom. The molecule has 0 saturated carbocycles. The zero-order chi connectivity index (χ0) is 20.1. The van der Waals surface area contributed by atoms with Crippen molar-refractivity contribution >= 4 is 22.6 Å². The highest BCUT2D eigenvalue weighted by atomic mass is 16.5. The maximum Gasteiger partial charge on any atom is 0.319 e. The number of carbonyl (C=O) groups excluding carboxylic acids is 1. The molecule has 28 heavy (non-hydrogen) atoms. The number of aromatic nitrogens is 1. The molecule has 7 nitrogen and oxygen atoms in total. The minimum absolute atomic E-state index is 0.475. The van der Waals surface area contributed by atoms with Gasteiger partial charge in [-0.25, -0.2) is 4.79 Å². The number of fused-ring (bicyclic) bond motifs is 1. The molecule has 0 aliphatic heterocycles. The molecule has 0 atom stereocenters. The third-order valence-electron chi connectivity index (χ3n) is 4.30. The summed E-state index contributed by atoms with van der Waals surface area (Å²) < 4.78 is 16.8. The van der Waals surface area contributed by atoms with E-state index in [9.17, 15) is 4.79 Å². The van der Waals surface area contributed by atoms with Crippen LogP contribution < -0.4 is 24.8 Å². The van der Waals surface area contributed by atoms with Gasteiger partial charge in [0.15, 0.2) is 11.5 Å². The number of pyridine rings is 1. The average molecular weight is 381 g/mol. The van der Waals surface area contributed by atoms with Crippen LogP contribution in [0.4, 0.5) is 10.5 Å². The van der Waals surface area contributed by atoms with E-state index in [4.69, 9.17) is 19.9 Å². The van der Waals surface area contributed by atoms with E-state index in [2.05, 4.69) is 4.98 Å². The fraction of sp³-hybridized carbons (Fsp3) is 0.238. The number of rotatable bonds is 7. The van der Waals surface area contributed by atoms with E-state index in [1.54, 1.807) is 44.7 Å². The van der Waals surface area contributed by atoms with Crippen molar-refractivity contribution in [1.29, 1.82) is 0 Å². The SMILES string of the molecule is CCCN(C(N)=O)c1ccc(Oc2ccnc3cc(OC)c(OC)cc23)cc1. The van der Waals surface area contributed by atoms with Gasteiger partial charge in [0.25, 0.3) is 0 Å². The van der Waals surface area contributed by atoms with E-state index in [0.29, 0.717) is 29.5 Å². The minimum Gasteiger partial charge on any atom is -0.493 e. The van der Waals surface area contributed by atoms with Crippen LogP contribution in [0.3, 0.4) is 0 Å². The normalized spacial score (nSPS) is 10.5. The highest BCUT2D eigenvalue weighted by Crippen LogP contribution is 2.37. The quantitative estimate of drug-likeness (QED) is 0.658. The first-order valence-electron chi connectivity index (χ1n) is 8.93. The van der Waals surface area contributed by atoms with Crippen molar-refractivity contribution in [2.75, 3.05) is 25.7 Å². The summed E-state index contributed by atoms with van der Waals surface area (Å²) >= 11 is 0. The summed E-state index contributed by atoms with van der Waals surface area (Å²) in [6.45, 7) is 2.55. The summed E-state index contributed by atoms with van der Waals surface area (Å²) in [5.74, 6) is 2.47. The Bertz CT molecular complexity index is 973. The number of primary amides is 1. The monoisotopic (exact) mass is 381 g/mol. The lowest BCUT2D eigenvalue weighted by Gasteiger charge is -2.20. The highest BCUT2D eigenvalue weighted by molar-refractivity contribution is 5.91. The number of urea groups is 1. The second kappa shape index (κ2) is 8.47. The topological polar surface area (TPSA) is 86.9 Å². The van der Waals surface area contributed by atoms with Crippen LogP contribution in [0.2, 0.25) is 0 Å². The number of nitrogens with zero attached hydrogens (tertiary/aromatic N) is 2. The van der Waals surface area contributed by atoms with Crippen LogP contribution in [0.15, 0.2) is 48.7 Å². The lowest BCUT2D eigenvalue weighted by atomic mass is 10.2. The predicted octanol–water partition coefficient (Wildman–Crippen LogP) is 4.34. The number of nitrogens with two attached hydrogens (primary N) is 1. The standard InChI is InChI=1S/C21H23N3O4/c1-4-11-24(21(22)25)14-5-7-15(8-6-14)28-18-9-10-23-17-13-20(27-3)19(26-2)12-16(17)18/h5-10,12-13H,4,11H2,1-3H3,(H2,22,25). The minimum atomic E-state index is -0.475. The molecule has 2 N–H and O–H groups in total. The fourth-order valence-electron chi connectivity index (χ4n) is 2.95. The second-order valence-corrected chi connectivity index (χ2v) is 6.12. The van der Waals surface area contributed by atoms with Crippen LogP contribution in [0, 0.1) is 0 Å². The van der Waals surface area contributed by atoms with Gasteiger partial charge >= 0.3 is 6.03 Å². The maximum atomic E-state index is 11.6. The van der Waals surface area contributed by atoms with E-state index in [1.807, 2.05) is 25.1 Å². The number of methoxy groups -OCH3 is 2. The van der Waals surface area contributed by atoms with Gasteiger partial charge < -0.3 is 19.9 Å². The molecular weight excluding hydrogens is 358 g/mol. The van der Waals surface area contributed by atoms with Gasteiger partial charge in [-0.2, -0.15) is 0 Å². The first-order valence-corrected chi connectivity index (χ1v) is 8.93. The van der Waals surface area contributed by atoms with Crippen molar-refractivity contribution in [1.82, 2.24) is 4.98 Å². The van der Waals surface area contributed by atoms with Crippen molar-refractivity contribution in [2.24, 2.45) is 5.73 Å². The summed E-state index contributed by atoms with van der Waals surface area (Å²) in [7, 11) is 3.17. The van der Waals surface area contributed by atoms with Crippen LogP contribution in [-0.4, -0.2) is 31.8 Å². The second-order valence-electron chi connectivity index (χ2n) is 6.12. The van der Waals surface area contributed by atoms with Gasteiger partial charge in [0.1, 0.15) is 11.5 Å². The number of carbonyl (C=O) groups is 1. The molecule has 2 aromatic carbocycles. The summed E-state index contributed by atoms with van der Waals surface area (Å²) in [5.41, 5.74) is 6.92. The molecular formula is C21H23N3O4. The highest BCUT2D eigenvalue weighted by Gasteiger charge is 2.13. The molecule has 7 heteroatoms. The maximum absolute atomic E-state index is 11.6. The third kappa shape index (κ3) is 3.93. The Labute approximate surface area is 163 Å². The molecule has 3 aromatic rings. The zero-order valence-corrected chi connectivity index (χ0v) is 16.1. The summed E-state index contributed by atoms with van der Waals surface area (Å²) in [6, 6.07) is 12.2. The molecule has 0 radical (unpaired) electrons. The van der Waals surface area contributed by atoms with Gasteiger partial charge in [-0.3, -0.25) is 9.88 Å². The summed E-state index contributed by atoms with van der Waals surface area (Å²) in [5, 5.41) is 0.800. The lowest BCUT2D eigenvalue weighted by molar-refractivity contribution is 0.254. The van der Waals surface area contributed by atoms with E-state index >= 15 is 0 Å². The molecule has 3 rings (SSSR count). The van der Waals surface area contributed by atoms with Gasteiger partial charge in [-0.1, -0.05) is 6.92 Å². The van der Waals surface area contributed by atoms with Gasteiger partial charge in [0, 0.05) is 29.9 Å². The largest absolute Gasteiger partial charge is 0.493 e. The fourth-order valence-corrected chi connectivity index (χ4v) is 2.95. The molecule has 1 aromatic heterocycles. The van der Waals surface area contributed by atoms with Gasteiger partial charge in [0.2, 0.25) is 0 Å². The van der Waals surface area contributed by atoms with Gasteiger partial charge in [-0.05, 0) is 42.8 Å². The van der Waals surface area contributed by atoms with E-state index in [1.165, 1.54) is 4.90 Å². The average Bonchev–Trinajstić information content (AvgIpc) is 2.71. The van der Waals surface area contributed by atoms with Crippen LogP contribution >= 0.6 is 0 Å². The van der Waals surface area contributed by atoms with E-state index < -0.39 is 6.03 Å². The van der Waals surface area contributed by atoms with Crippen LogP contribution in [0.25, 0.3) is 10.9 Å². The van der Waals surface area contributed by atoms with E-state index in [0.717, 1.165) is 23.0 Å². The Morgan fingerprint density at radius 2 is 1.71 bits per heavy atom. The Balaban J connectivity index is 1.91. The first kappa shape index (κ1) is 19.3. The van der Waals surface area contributed by atoms with Crippen LogP contribution in [0.1, 0.15) is 13.3 Å². The zero-order valence-electron chi connectivity index (χ0n) is 16.1. The number of ether oxygens (including phenoxy) is 3. The van der Waals surface area contributed by atoms with Crippen LogP contribution in [0.5, 0.6) is 23.0 Å². The Morgan fingerprint density at radius 1 is 1.04 bits per heavy atom. The van der Waals surface area contributed by atoms with Crippen molar-refractivity contribution < 1.29 is 19.0 Å². The van der Waals surface area contributed by atoms with Crippen molar-refractivity contribution in [2.45, 2.75) is 13.3 Å². The summed E-state index contributed by atoms with van der Waals surface area (Å²) in [6.07, 6.45) is 2.49. The Hall–Kier alpha value is -3.48. The molecule has 146 valence electrons. The molecule has 0 aliphatic carbocycles. The van der Waals surface area contributed by atoms with Crippen LogP contribution in [-0.2, 0) is 0 Å². The van der Waals surface area contributed by atoms with Crippen molar-refractivity contribution in [3.05, 3.63) is 48.7 Å². The first-order chi connectivity index (χ1) is 13.6. The molecule has 2 amide bonds. The molecule has 1 heterocycles. The molecule has 0 aliphatic rings. The van der Waals surface area contributed by atoms with Crippen molar-refractivity contribution in [3.8, 4) is 23.0 Å². The molecule has 0 bridgehead atoms. The smallest absolute Gasteiger partial charge is 0.319 e. The molecule has 0 spiro atoms. The van der Waals surface area contributed by atoms with Gasteiger partial charge in [0.05, 0.1) is 19.7 Å². The molecule has 0 fully saturated rings. The Kier molecular flexibility index (Phi) is 5.84. The predicted molar refractivity (Wildman–Crippen MR) is 109 cm³/mol. The third-order valence-corrected chi connectivity index (χ3v) is 4.30. The van der Waals surface area contributed by atoms with Crippen molar-refractivity contribution in [3.63, 3.8) is 0 Å². The number of amides is 2. The van der Waals surface area contributed by atoms with E-state index in [-0.39, 0.29) is 0 Å². The summed E-state index contributed by atoms with van der Waals surface area (Å²) in [4.78, 5) is 17.5. The number of benzene rings is 2. The lowest BCUT2D eigenvalue weighted by Crippen LogP contribution is -2.36.